The largest absolute Gasteiger partial charge is 0.399 e. The summed E-state index contributed by atoms with van der Waals surface area (Å²) in [6, 6.07) is 7.20. The molecule has 10 heteroatoms. The molecule has 1 aromatic carbocycles. The van der Waals surface area contributed by atoms with E-state index in [-0.39, 0.29) is 41.9 Å². The van der Waals surface area contributed by atoms with Crippen molar-refractivity contribution in [3.8, 4) is 0 Å². The van der Waals surface area contributed by atoms with Gasteiger partial charge in [0.15, 0.2) is 5.76 Å². The normalized spacial score (nSPS) is 15.7. The highest BCUT2D eigenvalue weighted by Gasteiger charge is 2.32. The lowest BCUT2D eigenvalue weighted by Crippen LogP contribution is -2.38. The number of carbonyl (C=O) groups excluding carboxylic acids is 1. The van der Waals surface area contributed by atoms with Crippen molar-refractivity contribution in [3.63, 3.8) is 0 Å². The van der Waals surface area contributed by atoms with Gasteiger partial charge >= 0.3 is 0 Å². The molecule has 154 valence electrons. The van der Waals surface area contributed by atoms with E-state index in [1.165, 1.54) is 4.31 Å². The van der Waals surface area contributed by atoms with Crippen LogP contribution < -0.4 is 5.73 Å². The Morgan fingerprint density at radius 1 is 1.14 bits per heavy atom. The molecule has 1 aliphatic rings. The molecule has 1 aromatic heterocycles. The molecular weight excluding hydrogens is 404 g/mol. The molecule has 0 radical (unpaired) electrons. The molecule has 1 amide bonds. The van der Waals surface area contributed by atoms with E-state index in [0.29, 0.717) is 37.4 Å². The lowest BCUT2D eigenvalue weighted by Gasteiger charge is -2.22. The molecule has 0 aliphatic carbocycles. The van der Waals surface area contributed by atoms with Gasteiger partial charge in [0.25, 0.3) is 0 Å². The van der Waals surface area contributed by atoms with Gasteiger partial charge in [-0.15, -0.1) is 12.4 Å². The van der Waals surface area contributed by atoms with Crippen LogP contribution in [0, 0.1) is 13.8 Å². The van der Waals surface area contributed by atoms with Crippen LogP contribution in [0.5, 0.6) is 0 Å². The SMILES string of the molecule is Cc1noc(C)c1S(=O)(=O)N1CCCN(C(=O)Cc2ccc(N)cc2)CC1.Cl. The third kappa shape index (κ3) is 4.65. The molecule has 0 saturated carbocycles. The summed E-state index contributed by atoms with van der Waals surface area (Å²) in [5.41, 5.74) is 7.57. The number of nitrogens with zero attached hydrogens (tertiary/aromatic N) is 3. The number of hydrogen-bond donors (Lipinski definition) is 1. The molecular formula is C18H25ClN4O4S. The summed E-state index contributed by atoms with van der Waals surface area (Å²) in [4.78, 5) is 14.5. The lowest BCUT2D eigenvalue weighted by molar-refractivity contribution is -0.130. The number of amides is 1. The maximum atomic E-state index is 13.0. The second kappa shape index (κ2) is 8.93. The minimum absolute atomic E-state index is 0. The third-order valence-electron chi connectivity index (χ3n) is 4.71. The number of carbonyl (C=O) groups is 1. The number of aryl methyl sites for hydroxylation is 2. The second-order valence-corrected chi connectivity index (χ2v) is 8.58. The van der Waals surface area contributed by atoms with Crippen molar-refractivity contribution in [1.82, 2.24) is 14.4 Å². The highest BCUT2D eigenvalue weighted by molar-refractivity contribution is 7.89. The van der Waals surface area contributed by atoms with Crippen LogP contribution in [0.3, 0.4) is 0 Å². The van der Waals surface area contributed by atoms with E-state index in [0.717, 1.165) is 5.56 Å². The Morgan fingerprint density at radius 3 is 2.43 bits per heavy atom. The zero-order valence-corrected chi connectivity index (χ0v) is 17.6. The van der Waals surface area contributed by atoms with Crippen molar-refractivity contribution >= 4 is 34.0 Å². The maximum absolute atomic E-state index is 13.0. The Kier molecular flexibility index (Phi) is 7.08. The molecule has 2 heterocycles. The number of sulfonamides is 1. The topological polar surface area (TPSA) is 110 Å². The summed E-state index contributed by atoms with van der Waals surface area (Å²) < 4.78 is 32.3. The minimum atomic E-state index is -3.69. The Labute approximate surface area is 171 Å². The van der Waals surface area contributed by atoms with E-state index >= 15 is 0 Å². The molecule has 1 aliphatic heterocycles. The maximum Gasteiger partial charge on any atom is 0.248 e. The van der Waals surface area contributed by atoms with E-state index in [1.54, 1.807) is 30.9 Å². The van der Waals surface area contributed by atoms with Crippen molar-refractivity contribution in [3.05, 3.63) is 41.3 Å². The Morgan fingerprint density at radius 2 is 1.82 bits per heavy atom. The summed E-state index contributed by atoms with van der Waals surface area (Å²) in [7, 11) is -3.69. The fourth-order valence-electron chi connectivity index (χ4n) is 3.28. The van der Waals surface area contributed by atoms with E-state index in [2.05, 4.69) is 5.16 Å². The van der Waals surface area contributed by atoms with Crippen LogP contribution in [-0.2, 0) is 21.2 Å². The van der Waals surface area contributed by atoms with E-state index in [9.17, 15) is 13.2 Å². The number of anilines is 1. The quantitative estimate of drug-likeness (QED) is 0.743. The minimum Gasteiger partial charge on any atom is -0.399 e. The van der Waals surface area contributed by atoms with E-state index in [4.69, 9.17) is 10.3 Å². The molecule has 2 aromatic rings. The van der Waals surface area contributed by atoms with Crippen LogP contribution in [0.25, 0.3) is 0 Å². The van der Waals surface area contributed by atoms with Crippen molar-refractivity contribution < 1.29 is 17.7 Å². The highest BCUT2D eigenvalue weighted by Crippen LogP contribution is 2.24. The number of aromatic nitrogens is 1. The first-order chi connectivity index (χ1) is 12.8. The molecule has 1 fully saturated rings. The summed E-state index contributed by atoms with van der Waals surface area (Å²) in [6.07, 6.45) is 0.854. The highest BCUT2D eigenvalue weighted by atomic mass is 35.5. The van der Waals surface area contributed by atoms with Gasteiger partial charge in [-0.3, -0.25) is 4.79 Å². The van der Waals surface area contributed by atoms with Crippen molar-refractivity contribution in [2.75, 3.05) is 31.9 Å². The monoisotopic (exact) mass is 428 g/mol. The zero-order chi connectivity index (χ0) is 19.6. The standard InChI is InChI=1S/C18H24N4O4S.ClH/c1-13-18(14(2)26-20-13)27(24,25)22-9-3-8-21(10-11-22)17(23)12-15-4-6-16(19)7-5-15;/h4-7H,3,8-12,19H2,1-2H3;1H. The van der Waals surface area contributed by atoms with Gasteiger partial charge in [-0.1, -0.05) is 17.3 Å². The van der Waals surface area contributed by atoms with E-state index in [1.807, 2.05) is 12.1 Å². The van der Waals surface area contributed by atoms with Gasteiger partial charge in [0.2, 0.25) is 15.9 Å². The van der Waals surface area contributed by atoms with Crippen molar-refractivity contribution in [1.29, 1.82) is 0 Å². The van der Waals surface area contributed by atoms with E-state index < -0.39 is 10.0 Å². The predicted molar refractivity (Wildman–Crippen MR) is 108 cm³/mol. The summed E-state index contributed by atoms with van der Waals surface area (Å²) in [5, 5.41) is 3.74. The number of nitrogens with two attached hydrogens (primary N) is 1. The van der Waals surface area contributed by atoms with Gasteiger partial charge in [-0.05, 0) is 38.0 Å². The fraction of sp³-hybridized carbons (Fsp3) is 0.444. The van der Waals surface area contributed by atoms with Gasteiger partial charge in [-0.2, -0.15) is 4.31 Å². The van der Waals surface area contributed by atoms with Crippen LogP contribution in [-0.4, -0.2) is 54.9 Å². The smallest absolute Gasteiger partial charge is 0.248 e. The molecule has 0 unspecified atom stereocenters. The molecule has 3 rings (SSSR count). The fourth-order valence-corrected chi connectivity index (χ4v) is 5.04. The van der Waals surface area contributed by atoms with Crippen LogP contribution >= 0.6 is 12.4 Å². The average Bonchev–Trinajstić information content (AvgIpc) is 2.83. The predicted octanol–water partition coefficient (Wildman–Crippen LogP) is 1.76. The molecule has 8 nitrogen and oxygen atoms in total. The van der Waals surface area contributed by atoms with Crippen LogP contribution in [0.2, 0.25) is 0 Å². The zero-order valence-electron chi connectivity index (χ0n) is 15.9. The number of benzene rings is 1. The van der Waals surface area contributed by atoms with Gasteiger partial charge in [0.1, 0.15) is 10.6 Å². The van der Waals surface area contributed by atoms with Gasteiger partial charge in [-0.25, -0.2) is 8.42 Å². The molecule has 1 saturated heterocycles. The number of rotatable bonds is 4. The molecule has 0 bridgehead atoms. The second-order valence-electron chi connectivity index (χ2n) is 6.71. The molecule has 2 N–H and O–H groups in total. The van der Waals surface area contributed by atoms with Crippen LogP contribution in [0.4, 0.5) is 5.69 Å². The first kappa shape index (κ1) is 22.2. The third-order valence-corrected chi connectivity index (χ3v) is 6.85. The van der Waals surface area contributed by atoms with Gasteiger partial charge in [0, 0.05) is 31.9 Å². The molecule has 0 spiro atoms. The van der Waals surface area contributed by atoms with Crippen LogP contribution in [0.1, 0.15) is 23.4 Å². The number of hydrogen-bond acceptors (Lipinski definition) is 6. The number of halogens is 1. The number of nitrogen functional groups attached to an aromatic ring is 1. The first-order valence-corrected chi connectivity index (χ1v) is 10.3. The summed E-state index contributed by atoms with van der Waals surface area (Å²) in [5.74, 6) is 0.268. The molecule has 0 atom stereocenters. The summed E-state index contributed by atoms with van der Waals surface area (Å²) >= 11 is 0. The summed E-state index contributed by atoms with van der Waals surface area (Å²) in [6.45, 7) is 4.70. The van der Waals surface area contributed by atoms with Gasteiger partial charge in [0.05, 0.1) is 6.42 Å². The van der Waals surface area contributed by atoms with Crippen molar-refractivity contribution in [2.24, 2.45) is 0 Å². The lowest BCUT2D eigenvalue weighted by atomic mass is 10.1. The average molecular weight is 429 g/mol. The molecule has 28 heavy (non-hydrogen) atoms. The first-order valence-electron chi connectivity index (χ1n) is 8.84. The Bertz CT molecular complexity index is 908. The van der Waals surface area contributed by atoms with Crippen LogP contribution in [0.15, 0.2) is 33.7 Å². The Balaban J connectivity index is 0.00000280. The Hall–Kier alpha value is -2.10. The van der Waals surface area contributed by atoms with Gasteiger partial charge < -0.3 is 15.2 Å². The van der Waals surface area contributed by atoms with Crippen molar-refractivity contribution in [2.45, 2.75) is 31.6 Å².